The van der Waals surface area contributed by atoms with Crippen molar-refractivity contribution >= 4 is 5.91 Å². The Morgan fingerprint density at radius 3 is 2.62 bits per heavy atom. The molecular weight excluding hydrogens is 162 g/mol. The monoisotopic (exact) mass is 177 g/mol. The predicted molar refractivity (Wildman–Crippen MR) is 53.7 cm³/mol. The fraction of sp³-hybridized carbons (Fsp3) is 0.364. The minimum absolute atomic E-state index is 0.337. The number of carbonyl (C=O) groups excluding carboxylic acids is 1. The number of hydrogen-bond donors (Lipinski definition) is 1. The molecule has 13 heavy (non-hydrogen) atoms. The Kier molecular flexibility index (Phi) is 3.07. The Hall–Kier alpha value is -1.31. The maximum atomic E-state index is 11.1. The van der Waals surface area contributed by atoms with Gasteiger partial charge >= 0.3 is 0 Å². The Balaban J connectivity index is 3.11. The smallest absolute Gasteiger partial charge is 0.248 e. The maximum Gasteiger partial charge on any atom is 0.248 e. The lowest BCUT2D eigenvalue weighted by Crippen LogP contribution is -2.14. The van der Waals surface area contributed by atoms with Gasteiger partial charge in [-0.15, -0.1) is 0 Å². The summed E-state index contributed by atoms with van der Waals surface area (Å²) in [5.41, 5.74) is 6.97. The highest BCUT2D eigenvalue weighted by atomic mass is 16.1. The Labute approximate surface area is 78.8 Å². The van der Waals surface area contributed by atoms with Crippen LogP contribution in [-0.2, 0) is 0 Å². The first-order valence-corrected chi connectivity index (χ1v) is 4.55. The SMILES string of the molecule is CC[C@H](C)c1ccccc1C(N)=O. The number of rotatable bonds is 3. The van der Waals surface area contributed by atoms with Crippen LogP contribution in [0.1, 0.15) is 42.1 Å². The minimum Gasteiger partial charge on any atom is -0.366 e. The van der Waals surface area contributed by atoms with Crippen LogP contribution in [-0.4, -0.2) is 5.91 Å². The zero-order chi connectivity index (χ0) is 9.84. The summed E-state index contributed by atoms with van der Waals surface area (Å²) >= 11 is 0. The molecule has 0 aliphatic rings. The number of carbonyl (C=O) groups is 1. The van der Waals surface area contributed by atoms with Crippen molar-refractivity contribution in [2.24, 2.45) is 5.73 Å². The maximum absolute atomic E-state index is 11.1. The van der Waals surface area contributed by atoms with E-state index in [1.165, 1.54) is 0 Å². The van der Waals surface area contributed by atoms with E-state index in [2.05, 4.69) is 13.8 Å². The quantitative estimate of drug-likeness (QED) is 0.756. The molecule has 2 N–H and O–H groups in total. The van der Waals surface area contributed by atoms with Gasteiger partial charge in [-0.1, -0.05) is 32.0 Å². The molecule has 0 saturated heterocycles. The molecule has 0 aromatic heterocycles. The third-order valence-electron chi connectivity index (χ3n) is 2.37. The molecule has 0 saturated carbocycles. The molecule has 0 aliphatic heterocycles. The van der Waals surface area contributed by atoms with Crippen molar-refractivity contribution in [2.45, 2.75) is 26.2 Å². The van der Waals surface area contributed by atoms with E-state index in [-0.39, 0.29) is 5.91 Å². The largest absolute Gasteiger partial charge is 0.366 e. The van der Waals surface area contributed by atoms with Crippen molar-refractivity contribution < 1.29 is 4.79 Å². The second kappa shape index (κ2) is 4.08. The Bertz CT molecular complexity index is 307. The summed E-state index contributed by atoms with van der Waals surface area (Å²) in [6.07, 6.45) is 1.02. The molecule has 0 aliphatic carbocycles. The van der Waals surface area contributed by atoms with Gasteiger partial charge in [0.1, 0.15) is 0 Å². The summed E-state index contributed by atoms with van der Waals surface area (Å²) in [5, 5.41) is 0. The lowest BCUT2D eigenvalue weighted by molar-refractivity contribution is 0.0999. The van der Waals surface area contributed by atoms with Crippen LogP contribution in [0.3, 0.4) is 0 Å². The van der Waals surface area contributed by atoms with Crippen molar-refractivity contribution in [3.05, 3.63) is 35.4 Å². The number of primary amides is 1. The van der Waals surface area contributed by atoms with Crippen LogP contribution in [0.25, 0.3) is 0 Å². The molecular formula is C11H15NO. The first-order chi connectivity index (χ1) is 6.16. The molecule has 0 unspecified atom stereocenters. The molecule has 0 radical (unpaired) electrons. The van der Waals surface area contributed by atoms with E-state index in [0.29, 0.717) is 11.5 Å². The van der Waals surface area contributed by atoms with Crippen LogP contribution < -0.4 is 5.73 Å². The van der Waals surface area contributed by atoms with Gasteiger partial charge in [-0.2, -0.15) is 0 Å². The molecule has 0 fully saturated rings. The molecule has 0 spiro atoms. The summed E-state index contributed by atoms with van der Waals surface area (Å²) in [4.78, 5) is 11.1. The van der Waals surface area contributed by atoms with E-state index < -0.39 is 0 Å². The molecule has 1 aromatic rings. The molecule has 1 rings (SSSR count). The van der Waals surface area contributed by atoms with Gasteiger partial charge in [0.25, 0.3) is 0 Å². The Morgan fingerprint density at radius 1 is 1.46 bits per heavy atom. The van der Waals surface area contributed by atoms with Gasteiger partial charge in [-0.25, -0.2) is 0 Å². The second-order valence-electron chi connectivity index (χ2n) is 3.26. The summed E-state index contributed by atoms with van der Waals surface area (Å²) in [5.74, 6) is 0.0552. The van der Waals surface area contributed by atoms with E-state index in [9.17, 15) is 4.79 Å². The van der Waals surface area contributed by atoms with Crippen LogP contribution >= 0.6 is 0 Å². The van der Waals surface area contributed by atoms with Gasteiger partial charge in [-0.05, 0) is 24.0 Å². The van der Waals surface area contributed by atoms with Gasteiger partial charge in [0.05, 0.1) is 0 Å². The average molecular weight is 177 g/mol. The van der Waals surface area contributed by atoms with Crippen LogP contribution in [0, 0.1) is 0 Å². The van der Waals surface area contributed by atoms with Gasteiger partial charge in [0.2, 0.25) is 5.91 Å². The van der Waals surface area contributed by atoms with E-state index >= 15 is 0 Å². The second-order valence-corrected chi connectivity index (χ2v) is 3.26. The number of amides is 1. The standard InChI is InChI=1S/C11H15NO/c1-3-8(2)9-6-4-5-7-10(9)11(12)13/h4-8H,3H2,1-2H3,(H2,12,13)/t8-/m0/s1. The van der Waals surface area contributed by atoms with E-state index in [1.807, 2.05) is 18.2 Å². The van der Waals surface area contributed by atoms with Gasteiger partial charge in [-0.3, -0.25) is 4.79 Å². The number of hydrogen-bond acceptors (Lipinski definition) is 1. The van der Waals surface area contributed by atoms with Crippen molar-refractivity contribution in [3.63, 3.8) is 0 Å². The summed E-state index contributed by atoms with van der Waals surface area (Å²) in [6.45, 7) is 4.20. The first-order valence-electron chi connectivity index (χ1n) is 4.55. The molecule has 1 aromatic carbocycles. The number of benzene rings is 1. The molecule has 0 heterocycles. The Morgan fingerprint density at radius 2 is 2.08 bits per heavy atom. The average Bonchev–Trinajstić information content (AvgIpc) is 2.16. The van der Waals surface area contributed by atoms with Crippen LogP contribution in [0.5, 0.6) is 0 Å². The first kappa shape index (κ1) is 9.78. The zero-order valence-electron chi connectivity index (χ0n) is 8.08. The molecule has 2 nitrogen and oxygen atoms in total. The highest BCUT2D eigenvalue weighted by Gasteiger charge is 2.11. The predicted octanol–water partition coefficient (Wildman–Crippen LogP) is 2.30. The van der Waals surface area contributed by atoms with E-state index in [4.69, 9.17) is 5.73 Å². The van der Waals surface area contributed by atoms with Gasteiger partial charge in [0.15, 0.2) is 0 Å². The fourth-order valence-electron chi connectivity index (χ4n) is 1.37. The van der Waals surface area contributed by atoms with Crippen molar-refractivity contribution in [1.29, 1.82) is 0 Å². The minimum atomic E-state index is -0.337. The summed E-state index contributed by atoms with van der Waals surface area (Å²) in [6, 6.07) is 7.53. The zero-order valence-corrected chi connectivity index (χ0v) is 8.08. The topological polar surface area (TPSA) is 43.1 Å². The van der Waals surface area contributed by atoms with Crippen LogP contribution in [0.4, 0.5) is 0 Å². The summed E-state index contributed by atoms with van der Waals surface area (Å²) < 4.78 is 0. The third-order valence-corrected chi connectivity index (χ3v) is 2.37. The third kappa shape index (κ3) is 2.08. The van der Waals surface area contributed by atoms with Crippen LogP contribution in [0.15, 0.2) is 24.3 Å². The number of nitrogens with two attached hydrogens (primary N) is 1. The molecule has 1 atom stereocenters. The highest BCUT2D eigenvalue weighted by molar-refractivity contribution is 5.94. The highest BCUT2D eigenvalue weighted by Crippen LogP contribution is 2.21. The van der Waals surface area contributed by atoms with Gasteiger partial charge < -0.3 is 5.73 Å². The van der Waals surface area contributed by atoms with Crippen molar-refractivity contribution in [3.8, 4) is 0 Å². The molecule has 2 heteroatoms. The summed E-state index contributed by atoms with van der Waals surface area (Å²) in [7, 11) is 0. The van der Waals surface area contributed by atoms with Crippen molar-refractivity contribution in [2.75, 3.05) is 0 Å². The normalized spacial score (nSPS) is 12.5. The van der Waals surface area contributed by atoms with E-state index in [0.717, 1.165) is 12.0 Å². The van der Waals surface area contributed by atoms with Crippen LogP contribution in [0.2, 0.25) is 0 Å². The molecule has 1 amide bonds. The van der Waals surface area contributed by atoms with E-state index in [1.54, 1.807) is 6.07 Å². The lowest BCUT2D eigenvalue weighted by Gasteiger charge is -2.11. The van der Waals surface area contributed by atoms with Crippen molar-refractivity contribution in [1.82, 2.24) is 0 Å². The lowest BCUT2D eigenvalue weighted by atomic mass is 9.93. The fourth-order valence-corrected chi connectivity index (χ4v) is 1.37. The molecule has 70 valence electrons. The molecule has 0 bridgehead atoms. The van der Waals surface area contributed by atoms with Gasteiger partial charge in [0, 0.05) is 5.56 Å².